The van der Waals surface area contributed by atoms with Gasteiger partial charge in [-0.1, -0.05) is 12.1 Å². The summed E-state index contributed by atoms with van der Waals surface area (Å²) >= 11 is 1.80. The Balaban J connectivity index is 0.00000288. The van der Waals surface area contributed by atoms with Gasteiger partial charge in [0.2, 0.25) is 0 Å². The van der Waals surface area contributed by atoms with Crippen LogP contribution >= 0.6 is 36.1 Å². The van der Waals surface area contributed by atoms with Gasteiger partial charge in [-0.3, -0.25) is 15.1 Å². The molecule has 0 saturated heterocycles. The number of nitrogens with one attached hydrogen (secondary N) is 2. The molecule has 0 aliphatic heterocycles. The molecule has 0 aliphatic rings. The maximum atomic E-state index is 11.5. The van der Waals surface area contributed by atoms with Gasteiger partial charge in [-0.25, -0.2) is 8.42 Å². The molecule has 4 aromatic carbocycles. The fourth-order valence-electron chi connectivity index (χ4n) is 4.01. The molecule has 5 rings (SSSR count). The Morgan fingerprint density at radius 3 is 1.69 bits per heavy atom. The summed E-state index contributed by atoms with van der Waals surface area (Å²) in [5.74, 6) is 0.768. The van der Waals surface area contributed by atoms with Gasteiger partial charge in [-0.05, 0) is 82.2 Å². The van der Waals surface area contributed by atoms with Crippen LogP contribution in [0.4, 0.5) is 23.0 Å². The van der Waals surface area contributed by atoms with Crippen molar-refractivity contribution < 1.29 is 262 Å². The summed E-state index contributed by atoms with van der Waals surface area (Å²) in [5, 5.41) is 57.9. The van der Waals surface area contributed by atoms with Crippen molar-refractivity contribution >= 4 is 90.8 Å². The summed E-state index contributed by atoms with van der Waals surface area (Å²) < 4.78 is 47.8. The van der Waals surface area contributed by atoms with Crippen LogP contribution in [-0.4, -0.2) is 23.2 Å². The van der Waals surface area contributed by atoms with E-state index < -0.39 is 15.0 Å². The van der Waals surface area contributed by atoms with Gasteiger partial charge in [0.1, 0.15) is 10.1 Å². The largest absolute Gasteiger partial charge is 1.00 e. The minimum atomic E-state index is -4.77. The van der Waals surface area contributed by atoms with E-state index in [9.17, 15) is 28.7 Å². The first kappa shape index (κ1) is 49.2. The molecule has 0 saturated carbocycles. The molecule has 0 bridgehead atoms. The molecule has 16 nitrogen and oxygen atoms in total. The first-order chi connectivity index (χ1) is 21.3. The third-order valence-corrected chi connectivity index (χ3v) is 8.38. The third kappa shape index (κ3) is 14.4. The van der Waals surface area contributed by atoms with Gasteiger partial charge in [0.25, 0.3) is 0 Å². The smallest absolute Gasteiger partial charge is 0.744 e. The van der Waals surface area contributed by atoms with Gasteiger partial charge in [-0.15, -0.1) is 10.2 Å². The molecule has 2 N–H and O–H groups in total. The van der Waals surface area contributed by atoms with Crippen molar-refractivity contribution in [2.75, 3.05) is 10.6 Å². The van der Waals surface area contributed by atoms with E-state index in [1.807, 2.05) is 0 Å². The zero-order chi connectivity index (χ0) is 31.1. The second-order valence-corrected chi connectivity index (χ2v) is 12.0. The summed E-state index contributed by atoms with van der Waals surface area (Å²) in [6.45, 7) is 0. The van der Waals surface area contributed by atoms with Gasteiger partial charge in [0, 0.05) is 26.1 Å². The topological polar surface area (TPSA) is 232 Å². The Morgan fingerprint density at radius 2 is 1.12 bits per heavy atom. The van der Waals surface area contributed by atoms with Crippen LogP contribution in [0.25, 0.3) is 21.5 Å². The first-order valence-corrected chi connectivity index (χ1v) is 15.3. The van der Waals surface area contributed by atoms with Crippen LogP contribution in [0.15, 0.2) is 92.4 Å². The Morgan fingerprint density at radius 1 is 0.583 bits per heavy atom. The molecule has 1 heterocycles. The van der Waals surface area contributed by atoms with Gasteiger partial charge in [0.15, 0.2) is 11.6 Å². The van der Waals surface area contributed by atoms with E-state index in [4.69, 9.17) is 0 Å². The van der Waals surface area contributed by atoms with E-state index in [2.05, 4.69) is 48.9 Å². The molecular formula is C24H14K4N4O12S4. The van der Waals surface area contributed by atoms with Crippen LogP contribution < -0.4 is 232 Å². The summed E-state index contributed by atoms with van der Waals surface area (Å²) in [6, 6.07) is 19.1. The van der Waals surface area contributed by atoms with E-state index in [1.54, 1.807) is 60.7 Å². The van der Waals surface area contributed by atoms with Crippen LogP contribution in [0.5, 0.6) is 0 Å². The second-order valence-electron chi connectivity index (χ2n) is 8.38. The average molecular weight is 835 g/mol. The molecular weight excluding hydrogens is 821 g/mol. The van der Waals surface area contributed by atoms with E-state index in [-0.39, 0.29) is 210 Å². The van der Waals surface area contributed by atoms with Crippen molar-refractivity contribution in [3.8, 4) is 0 Å². The molecule has 1 aromatic heterocycles. The van der Waals surface area contributed by atoms with Crippen molar-refractivity contribution in [3.05, 3.63) is 72.8 Å². The number of nitrogens with zero attached hydrogens (tertiary/aromatic N) is 2. The summed E-state index contributed by atoms with van der Waals surface area (Å²) in [4.78, 5) is 0.664. The van der Waals surface area contributed by atoms with Crippen LogP contribution in [-0.2, 0) is 38.2 Å². The van der Waals surface area contributed by atoms with Crippen molar-refractivity contribution in [2.45, 2.75) is 19.6 Å². The molecule has 0 amide bonds. The predicted octanol–water partition coefficient (Wildman–Crippen LogP) is -9.12. The molecule has 0 aliphatic carbocycles. The van der Waals surface area contributed by atoms with Gasteiger partial charge >= 0.3 is 206 Å². The zero-order valence-electron chi connectivity index (χ0n) is 25.4. The molecule has 0 spiro atoms. The average Bonchev–Trinajstić information content (AvgIpc) is 3.01. The summed E-state index contributed by atoms with van der Waals surface area (Å²) in [6.07, 6.45) is 0. The minimum Gasteiger partial charge on any atom is -0.744 e. The van der Waals surface area contributed by atoms with Crippen molar-refractivity contribution in [1.82, 2.24) is 10.2 Å². The van der Waals surface area contributed by atoms with Gasteiger partial charge in [-0.2, -0.15) is 13.0 Å². The molecule has 0 fully saturated rings. The molecule has 5 aromatic rings. The minimum absolute atomic E-state index is 0. The number of rotatable bonds is 14. The Labute approximate surface area is 455 Å². The fourth-order valence-corrected chi connectivity index (χ4v) is 6.23. The maximum absolute atomic E-state index is 11.5. The summed E-state index contributed by atoms with van der Waals surface area (Å²) in [5.41, 5.74) is 1.17. The quantitative estimate of drug-likeness (QED) is 0.0348. The Hall–Kier alpha value is 3.23. The maximum Gasteiger partial charge on any atom is 1.00 e. The van der Waals surface area contributed by atoms with Crippen molar-refractivity contribution in [1.29, 1.82) is 0 Å². The van der Waals surface area contributed by atoms with Crippen molar-refractivity contribution in [2.24, 2.45) is 0 Å². The van der Waals surface area contributed by atoms with E-state index in [1.165, 1.54) is 6.07 Å². The predicted molar refractivity (Wildman–Crippen MR) is 149 cm³/mol. The van der Waals surface area contributed by atoms with E-state index in [0.29, 0.717) is 90.5 Å². The molecule has 230 valence electrons. The second kappa shape index (κ2) is 24.7. The third-order valence-electron chi connectivity index (χ3n) is 5.74. The normalized spacial score (nSPS) is 10.8. The van der Waals surface area contributed by atoms with Gasteiger partial charge in [0.05, 0.1) is 41.0 Å². The monoisotopic (exact) mass is 834 g/mol. The molecule has 24 heteroatoms. The number of anilines is 4. The van der Waals surface area contributed by atoms with Crippen LogP contribution in [0.1, 0.15) is 0 Å². The van der Waals surface area contributed by atoms with E-state index in [0.717, 1.165) is 6.07 Å². The molecule has 0 atom stereocenters. The first-order valence-electron chi connectivity index (χ1n) is 11.7. The van der Waals surface area contributed by atoms with Crippen LogP contribution in [0.2, 0.25) is 0 Å². The van der Waals surface area contributed by atoms with Crippen molar-refractivity contribution in [3.63, 3.8) is 0 Å². The van der Waals surface area contributed by atoms with Crippen LogP contribution in [0.3, 0.4) is 0 Å². The summed E-state index contributed by atoms with van der Waals surface area (Å²) in [7, 11) is -4.77. The Bertz CT molecular complexity index is 1900. The number of aromatic nitrogens is 2. The molecule has 0 radical (unpaired) electrons. The number of hydrogen-bond donors (Lipinski definition) is 2. The number of benzene rings is 4. The van der Waals surface area contributed by atoms with E-state index >= 15 is 0 Å². The molecule has 0 unspecified atom stereocenters. The SMILES string of the molecule is O=S(=O)([O-])c1cc(SOO[O-])c2cc(Nc3ccc(Nc4ccc5c(SOO[O-])cc(SOO[O-])cc5c4)nn3)ccc2c1.[K+].[K+].[K+].[K+]. The Kier molecular flexibility index (Phi) is 25.3. The zero-order valence-corrected chi connectivity index (χ0v) is 41.1. The van der Waals surface area contributed by atoms with Crippen LogP contribution in [0, 0.1) is 0 Å². The number of fused-ring (bicyclic) bond motifs is 2. The standard InChI is InChI=1S/C24H18N4O12S4.4K/c29-35-38-41-17-8-14-7-15(3-4-19(14)21(11-17)42-39-36-30)25-23-5-6-24(28-27-23)26-16-2-1-13-9-18(44(32,33)34)12-22(20(13)10-16)43-40-37-31;;;;/h1-12,29-31H,(H,25,27)(H,26,28)(H,32,33,34);;;;/q;4*+1/p-4. The number of hydrogen-bond acceptors (Lipinski definition) is 19. The fraction of sp³-hybridized carbons (Fsp3) is 0. The molecule has 48 heavy (non-hydrogen) atoms. The van der Waals surface area contributed by atoms with Gasteiger partial charge < -0.3 is 31.0 Å².